The lowest BCUT2D eigenvalue weighted by Gasteiger charge is -2.16. The van der Waals surface area contributed by atoms with E-state index < -0.39 is 11.9 Å². The van der Waals surface area contributed by atoms with Gasteiger partial charge in [-0.2, -0.15) is 8.78 Å². The second-order valence-corrected chi connectivity index (χ2v) is 7.44. The van der Waals surface area contributed by atoms with Crippen molar-refractivity contribution in [1.82, 2.24) is 15.0 Å². The van der Waals surface area contributed by atoms with Crippen LogP contribution in [0, 0.1) is 24.2 Å². The molecule has 0 atom stereocenters. The van der Waals surface area contributed by atoms with E-state index in [-0.39, 0.29) is 24.1 Å². The zero-order valence-corrected chi connectivity index (χ0v) is 18.3. The molecule has 3 heterocycles. The summed E-state index contributed by atoms with van der Waals surface area (Å²) in [7, 11) is 0. The average molecular weight is 461 g/mol. The van der Waals surface area contributed by atoms with Crippen LogP contribution < -0.4 is 10.5 Å². The lowest BCUT2D eigenvalue weighted by molar-refractivity contribution is 0.299. The van der Waals surface area contributed by atoms with E-state index in [0.717, 1.165) is 16.7 Å². The summed E-state index contributed by atoms with van der Waals surface area (Å²) < 4.78 is 39.5. The van der Waals surface area contributed by atoms with Crippen molar-refractivity contribution in [2.24, 2.45) is 5.73 Å². The number of aryl methyl sites for hydroxylation is 1. The van der Waals surface area contributed by atoms with Gasteiger partial charge in [0, 0.05) is 42.2 Å². The van der Waals surface area contributed by atoms with Gasteiger partial charge in [0.2, 0.25) is 5.95 Å². The fourth-order valence-corrected chi connectivity index (χ4v) is 3.42. The number of nitrogens with two attached hydrogens (primary N) is 1. The van der Waals surface area contributed by atoms with Crippen LogP contribution in [0.4, 0.5) is 8.78 Å². The number of ether oxygens (including phenoxy) is 2. The molecule has 3 aromatic heterocycles. The van der Waals surface area contributed by atoms with Gasteiger partial charge in [0.15, 0.2) is 5.75 Å². The molecule has 0 unspecified atom stereocenters. The molecule has 0 spiro atoms. The summed E-state index contributed by atoms with van der Waals surface area (Å²) in [5, 5.41) is 7.26. The molecule has 1 aromatic carbocycles. The zero-order valence-electron chi connectivity index (χ0n) is 18.3. The standard InChI is InChI=1S/C25H21F2N5O2/c1-15-11-20(17-6-9-31-22(26)13-17)32-24(27)23(15)34-21-5-4-16(19-3-2-8-30-14-19)12-18(21)7-10-33-25(28)29/h2-6,8-9,11-14H,7,10H2,1H3,(H3,28,29). The molecule has 7 nitrogen and oxygen atoms in total. The molecule has 0 aliphatic carbocycles. The predicted octanol–water partition coefficient (Wildman–Crippen LogP) is 5.04. The zero-order chi connectivity index (χ0) is 24.1. The first-order valence-corrected chi connectivity index (χ1v) is 10.4. The quantitative estimate of drug-likeness (QED) is 0.227. The third kappa shape index (κ3) is 5.32. The minimum absolute atomic E-state index is 0.0406. The molecule has 0 aliphatic heterocycles. The van der Waals surface area contributed by atoms with E-state index in [2.05, 4.69) is 15.0 Å². The summed E-state index contributed by atoms with van der Waals surface area (Å²) in [5.41, 5.74) is 8.97. The minimum Gasteiger partial charge on any atom is -0.465 e. The molecule has 4 rings (SSSR count). The van der Waals surface area contributed by atoms with E-state index in [1.807, 2.05) is 24.3 Å². The highest BCUT2D eigenvalue weighted by Crippen LogP contribution is 2.34. The lowest BCUT2D eigenvalue weighted by atomic mass is 10.0. The second-order valence-electron chi connectivity index (χ2n) is 7.44. The van der Waals surface area contributed by atoms with Crippen molar-refractivity contribution >= 4 is 6.02 Å². The first-order valence-electron chi connectivity index (χ1n) is 10.4. The number of rotatable bonds is 7. The Bertz CT molecular complexity index is 1310. The number of pyridine rings is 3. The summed E-state index contributed by atoms with van der Waals surface area (Å²) in [6.45, 7) is 1.83. The van der Waals surface area contributed by atoms with Crippen molar-refractivity contribution in [2.45, 2.75) is 13.3 Å². The molecule has 0 radical (unpaired) electrons. The fraction of sp³-hybridized carbons (Fsp3) is 0.120. The Morgan fingerprint density at radius 2 is 1.88 bits per heavy atom. The number of hydrogen-bond donors (Lipinski definition) is 2. The number of halogens is 2. The number of nitrogens with zero attached hydrogens (tertiary/aromatic N) is 3. The van der Waals surface area contributed by atoms with Crippen LogP contribution >= 0.6 is 0 Å². The smallest absolute Gasteiger partial charge is 0.279 e. The van der Waals surface area contributed by atoms with Crippen LogP contribution in [-0.2, 0) is 11.2 Å². The Kier molecular flexibility index (Phi) is 6.72. The number of hydrogen-bond acceptors (Lipinski definition) is 6. The van der Waals surface area contributed by atoms with Crippen molar-refractivity contribution < 1.29 is 18.3 Å². The normalized spacial score (nSPS) is 10.7. The van der Waals surface area contributed by atoms with Gasteiger partial charge in [-0.15, -0.1) is 0 Å². The maximum atomic E-state index is 15.0. The Balaban J connectivity index is 1.67. The first kappa shape index (κ1) is 22.8. The van der Waals surface area contributed by atoms with Crippen molar-refractivity contribution in [2.75, 3.05) is 6.61 Å². The molecule has 34 heavy (non-hydrogen) atoms. The van der Waals surface area contributed by atoms with Crippen LogP contribution in [0.3, 0.4) is 0 Å². The summed E-state index contributed by atoms with van der Waals surface area (Å²) >= 11 is 0. The largest absolute Gasteiger partial charge is 0.465 e. The molecule has 9 heteroatoms. The van der Waals surface area contributed by atoms with Crippen LogP contribution in [0.5, 0.6) is 11.5 Å². The van der Waals surface area contributed by atoms with E-state index in [1.165, 1.54) is 12.3 Å². The topological polar surface area (TPSA) is 107 Å². The maximum absolute atomic E-state index is 15.0. The van der Waals surface area contributed by atoms with E-state index >= 15 is 0 Å². The molecule has 4 aromatic rings. The maximum Gasteiger partial charge on any atom is 0.279 e. The van der Waals surface area contributed by atoms with Gasteiger partial charge in [-0.25, -0.2) is 9.97 Å². The predicted molar refractivity (Wildman–Crippen MR) is 123 cm³/mol. The molecule has 0 fully saturated rings. The second kappa shape index (κ2) is 10.0. The van der Waals surface area contributed by atoms with Gasteiger partial charge in [0.25, 0.3) is 12.0 Å². The molecule has 3 N–H and O–H groups in total. The molecule has 0 bridgehead atoms. The number of amidine groups is 1. The lowest BCUT2D eigenvalue weighted by Crippen LogP contribution is -2.16. The molecule has 0 amide bonds. The van der Waals surface area contributed by atoms with Crippen LogP contribution in [0.1, 0.15) is 11.1 Å². The molecular weight excluding hydrogens is 440 g/mol. The number of aromatic nitrogens is 3. The van der Waals surface area contributed by atoms with Crippen molar-refractivity contribution in [1.29, 1.82) is 5.41 Å². The van der Waals surface area contributed by atoms with E-state index in [9.17, 15) is 8.78 Å². The van der Waals surface area contributed by atoms with Gasteiger partial charge in [-0.3, -0.25) is 10.4 Å². The van der Waals surface area contributed by atoms with Crippen LogP contribution in [0.15, 0.2) is 67.1 Å². The van der Waals surface area contributed by atoms with Gasteiger partial charge in [-0.1, -0.05) is 12.1 Å². The van der Waals surface area contributed by atoms with Gasteiger partial charge >= 0.3 is 0 Å². The Labute approximate surface area is 194 Å². The van der Waals surface area contributed by atoms with Crippen molar-refractivity contribution in [3.63, 3.8) is 0 Å². The van der Waals surface area contributed by atoms with Gasteiger partial charge in [0.05, 0.1) is 12.3 Å². The summed E-state index contributed by atoms with van der Waals surface area (Å²) in [6, 6.07) is 13.2. The highest BCUT2D eigenvalue weighted by atomic mass is 19.1. The van der Waals surface area contributed by atoms with Crippen LogP contribution in [0.2, 0.25) is 0 Å². The summed E-state index contributed by atoms with van der Waals surface area (Å²) in [4.78, 5) is 11.6. The Hall–Kier alpha value is -4.40. The highest BCUT2D eigenvalue weighted by molar-refractivity contribution is 5.68. The minimum atomic E-state index is -0.825. The van der Waals surface area contributed by atoms with E-state index in [1.54, 1.807) is 37.5 Å². The molecule has 0 saturated carbocycles. The SMILES string of the molecule is Cc1cc(-c2ccnc(F)c2)nc(F)c1Oc1ccc(-c2cccnc2)cc1CCOC(=N)N. The first-order chi connectivity index (χ1) is 16.4. The van der Waals surface area contributed by atoms with E-state index in [0.29, 0.717) is 23.3 Å². The van der Waals surface area contributed by atoms with Gasteiger partial charge in [-0.05, 0) is 53.9 Å². The Morgan fingerprint density at radius 3 is 2.59 bits per heavy atom. The van der Waals surface area contributed by atoms with Crippen LogP contribution in [0.25, 0.3) is 22.4 Å². The van der Waals surface area contributed by atoms with Crippen LogP contribution in [-0.4, -0.2) is 27.6 Å². The Morgan fingerprint density at radius 1 is 1.03 bits per heavy atom. The van der Waals surface area contributed by atoms with E-state index in [4.69, 9.17) is 20.6 Å². The average Bonchev–Trinajstić information content (AvgIpc) is 2.82. The summed E-state index contributed by atoms with van der Waals surface area (Å²) in [5.74, 6) is -1.13. The molecule has 0 saturated heterocycles. The highest BCUT2D eigenvalue weighted by Gasteiger charge is 2.16. The van der Waals surface area contributed by atoms with Crippen molar-refractivity contribution in [3.8, 4) is 33.9 Å². The van der Waals surface area contributed by atoms with Gasteiger partial charge in [0.1, 0.15) is 5.75 Å². The molecular formula is C25H21F2N5O2. The number of benzene rings is 1. The summed E-state index contributed by atoms with van der Waals surface area (Å²) in [6.07, 6.45) is 5.08. The molecule has 0 aliphatic rings. The van der Waals surface area contributed by atoms with Gasteiger partial charge < -0.3 is 15.2 Å². The fourth-order valence-electron chi connectivity index (χ4n) is 3.42. The number of nitrogens with one attached hydrogen (secondary N) is 1. The molecule has 172 valence electrons. The monoisotopic (exact) mass is 461 g/mol. The van der Waals surface area contributed by atoms with Crippen molar-refractivity contribution in [3.05, 3.63) is 90.1 Å². The third-order valence-corrected chi connectivity index (χ3v) is 5.04. The third-order valence-electron chi connectivity index (χ3n) is 5.04.